The normalized spacial score (nSPS) is 9.37. The monoisotopic (exact) mass is 334 g/mol. The van der Waals surface area contributed by atoms with Crippen LogP contribution < -0.4 is 0 Å². The fourth-order valence-electron chi connectivity index (χ4n) is 1.62. The van der Waals surface area contributed by atoms with Crippen LogP contribution in [0.1, 0.15) is 16.7 Å². The third kappa shape index (κ3) is 5.16. The molecule has 0 fully saturated rings. The van der Waals surface area contributed by atoms with E-state index in [0.29, 0.717) is 5.75 Å². The molecule has 2 aromatic rings. The van der Waals surface area contributed by atoms with E-state index in [0.717, 1.165) is 16.7 Å². The van der Waals surface area contributed by atoms with E-state index in [1.54, 1.807) is 10.9 Å². The number of nitrogens with zero attached hydrogens (tertiary/aromatic N) is 2. The molecule has 0 spiro atoms. The molecule has 2 rings (SSSR count). The predicted octanol–water partition coefficient (Wildman–Crippen LogP) is 3.59. The van der Waals surface area contributed by atoms with Crippen molar-refractivity contribution < 1.29 is 31.3 Å². The van der Waals surface area contributed by atoms with Crippen molar-refractivity contribution in [2.24, 2.45) is 5.10 Å². The van der Waals surface area contributed by atoms with Crippen LogP contribution in [0.2, 0.25) is 0 Å². The Morgan fingerprint density at radius 1 is 1.11 bits per heavy atom. The fraction of sp³-hybridized carbons (Fsp3) is 0.133. The van der Waals surface area contributed by atoms with E-state index in [1.807, 2.05) is 50.5 Å². The van der Waals surface area contributed by atoms with Gasteiger partial charge in [-0.25, -0.2) is 4.68 Å². The van der Waals surface area contributed by atoms with Crippen LogP contribution in [0.4, 0.5) is 0 Å². The molecule has 0 unspecified atom stereocenters. The van der Waals surface area contributed by atoms with Crippen LogP contribution >= 0.6 is 0 Å². The van der Waals surface area contributed by atoms with Crippen molar-refractivity contribution in [2.45, 2.75) is 13.8 Å². The van der Waals surface area contributed by atoms with Crippen LogP contribution in [0.15, 0.2) is 41.8 Å². The van der Waals surface area contributed by atoms with Gasteiger partial charge in [-0.2, -0.15) is 5.10 Å². The molecule has 0 aliphatic heterocycles. The number of benzene rings is 1. The number of rotatable bonds is 2. The summed E-state index contributed by atoms with van der Waals surface area (Å²) in [5.74, 6) is 0.293. The Morgan fingerprint density at radius 3 is 2.26 bits per heavy atom. The molecule has 0 saturated carbocycles. The Balaban J connectivity index is 0. The molecule has 1 aromatic heterocycles. The summed E-state index contributed by atoms with van der Waals surface area (Å²) < 4.78 is 1.69. The number of aromatic hydroxyl groups is 1. The molecule has 19 heavy (non-hydrogen) atoms. The van der Waals surface area contributed by atoms with Gasteiger partial charge in [-0.15, -0.1) is 0 Å². The van der Waals surface area contributed by atoms with Crippen molar-refractivity contribution in [1.29, 1.82) is 0 Å². The quantitative estimate of drug-likeness (QED) is 0.661. The minimum Gasteiger partial charge on any atom is -0.507 e. The second kappa shape index (κ2) is 8.87. The zero-order valence-electron chi connectivity index (χ0n) is 11.9. The fourth-order valence-corrected chi connectivity index (χ4v) is 1.62. The van der Waals surface area contributed by atoms with Gasteiger partial charge in [0.05, 0.1) is 6.21 Å². The molecule has 0 bridgehead atoms. The van der Waals surface area contributed by atoms with E-state index in [2.05, 4.69) is 5.10 Å². The van der Waals surface area contributed by atoms with Crippen LogP contribution in [-0.2, 0) is 26.2 Å². The molecule has 4 heteroatoms. The number of phenolic OH excluding ortho intramolecular Hbond substituents is 1. The molecule has 3 nitrogen and oxygen atoms in total. The first kappa shape index (κ1) is 20.2. The van der Waals surface area contributed by atoms with Crippen LogP contribution in [0.5, 0.6) is 5.75 Å². The van der Waals surface area contributed by atoms with Crippen molar-refractivity contribution in [3.63, 3.8) is 0 Å². The average molecular weight is 336 g/mol. The number of phenols is 1. The van der Waals surface area contributed by atoms with Gasteiger partial charge in [-0.3, -0.25) is 0 Å². The Morgan fingerprint density at radius 2 is 1.68 bits per heavy atom. The largest absolute Gasteiger partial charge is 2.00 e. The minimum atomic E-state index is 0. The summed E-state index contributed by atoms with van der Waals surface area (Å²) in [7, 11) is 0. The Bertz CT molecular complexity index is 519. The molecule has 0 amide bonds. The van der Waals surface area contributed by atoms with Crippen LogP contribution in [0, 0.1) is 28.7 Å². The van der Waals surface area contributed by atoms with Crippen molar-refractivity contribution in [1.82, 2.24) is 4.68 Å². The second-order valence-electron chi connectivity index (χ2n) is 3.83. The molecule has 0 aliphatic rings. The maximum atomic E-state index is 9.85. The summed E-state index contributed by atoms with van der Waals surface area (Å²) in [6.07, 6.45) is 5.35. The van der Waals surface area contributed by atoms with Gasteiger partial charge in [0.15, 0.2) is 0 Å². The number of hydrogen-bond acceptors (Lipinski definition) is 2. The minimum absolute atomic E-state index is 0. The molecule has 0 radical (unpaired) electrons. The Labute approximate surface area is 135 Å². The zero-order chi connectivity index (χ0) is 11.5. The second-order valence-corrected chi connectivity index (χ2v) is 3.83. The summed E-state index contributed by atoms with van der Waals surface area (Å²) in [6, 6.07) is 7.66. The van der Waals surface area contributed by atoms with Gasteiger partial charge in [-0.1, -0.05) is 6.07 Å². The smallest absolute Gasteiger partial charge is 0.507 e. The number of aromatic nitrogens is 1. The van der Waals surface area contributed by atoms with Crippen molar-refractivity contribution >= 4 is 6.21 Å². The zero-order valence-corrected chi connectivity index (χ0v) is 14.3. The van der Waals surface area contributed by atoms with Crippen LogP contribution in [0.25, 0.3) is 0 Å². The van der Waals surface area contributed by atoms with Gasteiger partial charge in [0.1, 0.15) is 5.75 Å². The molecule has 0 aliphatic carbocycles. The predicted molar refractivity (Wildman–Crippen MR) is 77.8 cm³/mol. The number of hydrogen-bond donors (Lipinski definition) is 1. The van der Waals surface area contributed by atoms with E-state index >= 15 is 0 Å². The molecule has 0 saturated heterocycles. The first-order valence-corrected chi connectivity index (χ1v) is 5.14. The molecule has 1 aromatic carbocycles. The third-order valence-electron chi connectivity index (χ3n) is 2.39. The third-order valence-corrected chi connectivity index (χ3v) is 2.39. The van der Waals surface area contributed by atoms with Crippen LogP contribution in [0.3, 0.4) is 0 Å². The maximum Gasteiger partial charge on any atom is 2.00 e. The van der Waals surface area contributed by atoms with Crippen molar-refractivity contribution in [3.05, 3.63) is 68.2 Å². The topological polar surface area (TPSA) is 37.5 Å². The maximum absolute atomic E-state index is 9.85. The van der Waals surface area contributed by atoms with Gasteiger partial charge in [-0.05, 0) is 43.2 Å². The van der Waals surface area contributed by atoms with Gasteiger partial charge in [0.2, 0.25) is 0 Å². The molecular formula is C15H20N2OZr. The van der Waals surface area contributed by atoms with E-state index in [4.69, 9.17) is 0 Å². The Kier molecular flexibility index (Phi) is 9.42. The first-order valence-electron chi connectivity index (χ1n) is 5.14. The summed E-state index contributed by atoms with van der Waals surface area (Å²) in [6.45, 7) is 3.88. The molecule has 0 atom stereocenters. The van der Waals surface area contributed by atoms with E-state index < -0.39 is 0 Å². The summed E-state index contributed by atoms with van der Waals surface area (Å²) >= 11 is 0. The molecule has 100 valence electrons. The standard InChI is InChI=1S/C13H14N2O.2CH3.Zr/c1-10-7-11(2)13(16)12(8-10)9-14-15-5-3-4-6-15;;;/h3-9,16H,1-2H3;2*1H3;/q;2*-1;+2/b14-9+;;;. The van der Waals surface area contributed by atoms with Gasteiger partial charge < -0.3 is 20.0 Å². The SMILES string of the molecule is Cc1cc(C)c(O)c(/C=N/n2cccc2)c1.[CH3-].[CH3-].[Zr+2]. The molecule has 1 N–H and O–H groups in total. The molecular weight excluding hydrogens is 315 g/mol. The average Bonchev–Trinajstić information content (AvgIpc) is 2.74. The number of aryl methyl sites for hydroxylation is 2. The summed E-state index contributed by atoms with van der Waals surface area (Å²) in [5.41, 5.74) is 2.73. The first-order chi connectivity index (χ1) is 7.66. The van der Waals surface area contributed by atoms with Crippen molar-refractivity contribution in [3.8, 4) is 5.75 Å². The van der Waals surface area contributed by atoms with Gasteiger partial charge in [0.25, 0.3) is 0 Å². The molecule has 1 heterocycles. The van der Waals surface area contributed by atoms with E-state index in [1.165, 1.54) is 0 Å². The van der Waals surface area contributed by atoms with E-state index in [9.17, 15) is 5.11 Å². The van der Waals surface area contributed by atoms with Crippen LogP contribution in [-0.4, -0.2) is 16.0 Å². The van der Waals surface area contributed by atoms with Gasteiger partial charge in [0, 0.05) is 18.0 Å². The Hall–Kier alpha value is -1.15. The van der Waals surface area contributed by atoms with Gasteiger partial charge >= 0.3 is 26.2 Å². The summed E-state index contributed by atoms with van der Waals surface area (Å²) in [4.78, 5) is 0. The van der Waals surface area contributed by atoms with Crippen molar-refractivity contribution in [2.75, 3.05) is 0 Å². The van der Waals surface area contributed by atoms with E-state index in [-0.39, 0.29) is 41.1 Å². The summed E-state index contributed by atoms with van der Waals surface area (Å²) in [5, 5.41) is 14.1.